The lowest BCUT2D eigenvalue weighted by Crippen LogP contribution is -2.21. The van der Waals surface area contributed by atoms with Crippen LogP contribution < -0.4 is 5.32 Å². The predicted molar refractivity (Wildman–Crippen MR) is 76.3 cm³/mol. The van der Waals surface area contributed by atoms with Crippen molar-refractivity contribution in [3.05, 3.63) is 35.4 Å². The van der Waals surface area contributed by atoms with E-state index in [9.17, 15) is 13.2 Å². The molecule has 0 bridgehead atoms. The number of hydrogen-bond acceptors (Lipinski definition) is 2. The molecule has 1 atom stereocenters. The summed E-state index contributed by atoms with van der Waals surface area (Å²) in [4.78, 5) is 0. The monoisotopic (exact) mass is 301 g/mol. The first-order valence-corrected chi connectivity index (χ1v) is 7.41. The average molecular weight is 301 g/mol. The molecular formula is C16H22F3NO. The van der Waals surface area contributed by atoms with Gasteiger partial charge in [0.1, 0.15) is 6.61 Å². The molecule has 0 aliphatic heterocycles. The molecule has 0 heterocycles. The van der Waals surface area contributed by atoms with Crippen molar-refractivity contribution in [3.8, 4) is 0 Å². The minimum absolute atomic E-state index is 0.0219. The van der Waals surface area contributed by atoms with Gasteiger partial charge in [-0.1, -0.05) is 30.7 Å². The molecular weight excluding hydrogens is 279 g/mol. The summed E-state index contributed by atoms with van der Waals surface area (Å²) in [6, 6.07) is 8.44. The first kappa shape index (κ1) is 16.3. The Kier molecular flexibility index (Phi) is 5.65. The van der Waals surface area contributed by atoms with Crippen LogP contribution in [0.25, 0.3) is 0 Å². The molecule has 0 saturated heterocycles. The molecule has 1 N–H and O–H groups in total. The van der Waals surface area contributed by atoms with Gasteiger partial charge in [-0.3, -0.25) is 0 Å². The lowest BCUT2D eigenvalue weighted by Gasteiger charge is -2.26. The maximum absolute atomic E-state index is 12.0. The van der Waals surface area contributed by atoms with Gasteiger partial charge in [0.15, 0.2) is 0 Å². The van der Waals surface area contributed by atoms with Crippen LogP contribution in [0.15, 0.2) is 24.3 Å². The third kappa shape index (κ3) is 5.00. The van der Waals surface area contributed by atoms with Gasteiger partial charge in [-0.25, -0.2) is 0 Å². The minimum atomic E-state index is -4.25. The molecule has 1 unspecified atom stereocenters. The number of alkyl halides is 3. The van der Waals surface area contributed by atoms with Crippen LogP contribution in [0, 0.1) is 0 Å². The highest BCUT2D eigenvalue weighted by Gasteiger charge is 2.27. The van der Waals surface area contributed by atoms with E-state index < -0.39 is 12.8 Å². The Morgan fingerprint density at radius 1 is 1.24 bits per heavy atom. The number of hydrogen-bond donors (Lipinski definition) is 1. The smallest absolute Gasteiger partial charge is 0.372 e. The maximum atomic E-state index is 12.0. The fourth-order valence-corrected chi connectivity index (χ4v) is 2.61. The van der Waals surface area contributed by atoms with Crippen molar-refractivity contribution >= 4 is 0 Å². The number of nitrogens with one attached hydrogen (secondary N) is 1. The van der Waals surface area contributed by atoms with E-state index in [0.29, 0.717) is 12.3 Å². The normalized spacial score (nSPS) is 17.5. The van der Waals surface area contributed by atoms with Gasteiger partial charge in [-0.05, 0) is 43.4 Å². The summed E-state index contributed by atoms with van der Waals surface area (Å²) in [5.41, 5.74) is 2.46. The van der Waals surface area contributed by atoms with Gasteiger partial charge in [-0.2, -0.15) is 13.2 Å². The van der Waals surface area contributed by atoms with E-state index in [-0.39, 0.29) is 12.6 Å². The molecule has 0 spiro atoms. The van der Waals surface area contributed by atoms with E-state index in [1.54, 1.807) is 0 Å². The molecule has 1 saturated carbocycles. The van der Waals surface area contributed by atoms with Crippen LogP contribution in [0.1, 0.15) is 48.8 Å². The zero-order valence-electron chi connectivity index (χ0n) is 12.2. The van der Waals surface area contributed by atoms with Gasteiger partial charge in [-0.15, -0.1) is 0 Å². The fourth-order valence-electron chi connectivity index (χ4n) is 2.61. The molecule has 1 aliphatic rings. The van der Waals surface area contributed by atoms with Crippen LogP contribution in [0.5, 0.6) is 0 Å². The Labute approximate surface area is 123 Å². The SMILES string of the molecule is CNC(CCOCC(F)(F)F)c1ccc(C2CCC2)cc1. The van der Waals surface area contributed by atoms with Crippen LogP contribution >= 0.6 is 0 Å². The van der Waals surface area contributed by atoms with Crippen molar-refractivity contribution in [3.63, 3.8) is 0 Å². The third-order valence-corrected chi connectivity index (χ3v) is 4.08. The van der Waals surface area contributed by atoms with Crippen LogP contribution in [-0.2, 0) is 4.74 Å². The first-order chi connectivity index (χ1) is 9.99. The van der Waals surface area contributed by atoms with Crippen molar-refractivity contribution in [2.24, 2.45) is 0 Å². The molecule has 118 valence electrons. The van der Waals surface area contributed by atoms with E-state index in [4.69, 9.17) is 0 Å². The molecule has 21 heavy (non-hydrogen) atoms. The van der Waals surface area contributed by atoms with Crippen LogP contribution in [0.3, 0.4) is 0 Å². The Bertz CT molecular complexity index is 426. The highest BCUT2D eigenvalue weighted by molar-refractivity contribution is 5.28. The van der Waals surface area contributed by atoms with E-state index in [1.807, 2.05) is 7.05 Å². The van der Waals surface area contributed by atoms with E-state index in [1.165, 1.54) is 24.8 Å². The Balaban J connectivity index is 1.82. The molecule has 5 heteroatoms. The van der Waals surface area contributed by atoms with Gasteiger partial charge in [0.05, 0.1) is 0 Å². The van der Waals surface area contributed by atoms with Crippen molar-refractivity contribution in [1.29, 1.82) is 0 Å². The summed E-state index contributed by atoms with van der Waals surface area (Å²) in [6.45, 7) is -1.08. The van der Waals surface area contributed by atoms with Gasteiger partial charge >= 0.3 is 6.18 Å². The average Bonchev–Trinajstić information content (AvgIpc) is 2.37. The molecule has 0 radical (unpaired) electrons. The summed E-state index contributed by atoms with van der Waals surface area (Å²) >= 11 is 0. The first-order valence-electron chi connectivity index (χ1n) is 7.41. The molecule has 0 amide bonds. The third-order valence-electron chi connectivity index (χ3n) is 4.08. The zero-order valence-corrected chi connectivity index (χ0v) is 12.2. The number of ether oxygens (including phenoxy) is 1. The fraction of sp³-hybridized carbons (Fsp3) is 0.625. The Morgan fingerprint density at radius 2 is 1.90 bits per heavy atom. The number of halogens is 3. The molecule has 1 aromatic carbocycles. The lowest BCUT2D eigenvalue weighted by molar-refractivity contribution is -0.174. The quantitative estimate of drug-likeness (QED) is 0.763. The summed E-state index contributed by atoms with van der Waals surface area (Å²) in [5.74, 6) is 0.696. The highest BCUT2D eigenvalue weighted by Crippen LogP contribution is 2.36. The second-order valence-corrected chi connectivity index (χ2v) is 5.59. The maximum Gasteiger partial charge on any atom is 0.411 e. The summed E-state index contributed by atoms with van der Waals surface area (Å²) in [7, 11) is 1.81. The standard InChI is InChI=1S/C16H22F3NO/c1-20-15(9-10-21-11-16(17,18)19)14-7-5-13(6-8-14)12-3-2-4-12/h5-8,12,15,20H,2-4,9-11H2,1H3. The van der Waals surface area contributed by atoms with Gasteiger partial charge in [0.25, 0.3) is 0 Å². The Hall–Kier alpha value is -1.07. The van der Waals surface area contributed by atoms with Crippen LogP contribution in [0.4, 0.5) is 13.2 Å². The van der Waals surface area contributed by atoms with Crippen molar-refractivity contribution in [2.45, 2.75) is 43.8 Å². The summed E-state index contributed by atoms with van der Waals surface area (Å²) in [6.07, 6.45) is 0.108. The summed E-state index contributed by atoms with van der Waals surface area (Å²) in [5, 5.41) is 3.13. The predicted octanol–water partition coefficient (Wildman–Crippen LogP) is 4.18. The van der Waals surface area contributed by atoms with Gasteiger partial charge in [0, 0.05) is 12.6 Å². The summed E-state index contributed by atoms with van der Waals surface area (Å²) < 4.78 is 40.7. The lowest BCUT2D eigenvalue weighted by atomic mass is 9.80. The highest BCUT2D eigenvalue weighted by atomic mass is 19.4. The van der Waals surface area contributed by atoms with Gasteiger partial charge in [0.2, 0.25) is 0 Å². The van der Waals surface area contributed by atoms with Crippen molar-refractivity contribution in [2.75, 3.05) is 20.3 Å². The van der Waals surface area contributed by atoms with E-state index in [0.717, 1.165) is 5.56 Å². The van der Waals surface area contributed by atoms with E-state index in [2.05, 4.69) is 34.3 Å². The molecule has 1 fully saturated rings. The molecule has 2 rings (SSSR count). The largest absolute Gasteiger partial charge is 0.411 e. The Morgan fingerprint density at radius 3 is 2.38 bits per heavy atom. The topological polar surface area (TPSA) is 21.3 Å². The molecule has 0 aromatic heterocycles. The molecule has 1 aromatic rings. The second-order valence-electron chi connectivity index (χ2n) is 5.59. The van der Waals surface area contributed by atoms with Crippen molar-refractivity contribution in [1.82, 2.24) is 5.32 Å². The number of rotatable bonds is 7. The van der Waals surface area contributed by atoms with Crippen molar-refractivity contribution < 1.29 is 17.9 Å². The molecule has 2 nitrogen and oxygen atoms in total. The minimum Gasteiger partial charge on any atom is -0.372 e. The van der Waals surface area contributed by atoms with Crippen LogP contribution in [0.2, 0.25) is 0 Å². The van der Waals surface area contributed by atoms with E-state index >= 15 is 0 Å². The van der Waals surface area contributed by atoms with Crippen LogP contribution in [-0.4, -0.2) is 26.4 Å². The zero-order chi connectivity index (χ0) is 15.3. The number of benzene rings is 1. The molecule has 1 aliphatic carbocycles. The van der Waals surface area contributed by atoms with Gasteiger partial charge < -0.3 is 10.1 Å². The second kappa shape index (κ2) is 7.27.